The SMILES string of the molecule is CCc1oc(-c2ccccc2)cc1C(=O)c1ccccc1. The van der Waals surface area contributed by atoms with Gasteiger partial charge in [-0.3, -0.25) is 4.79 Å². The van der Waals surface area contributed by atoms with Crippen LogP contribution in [-0.4, -0.2) is 5.78 Å². The molecule has 0 saturated carbocycles. The first-order valence-electron chi connectivity index (χ1n) is 7.07. The van der Waals surface area contributed by atoms with Crippen LogP contribution >= 0.6 is 0 Å². The highest BCUT2D eigenvalue weighted by molar-refractivity contribution is 6.10. The normalized spacial score (nSPS) is 10.5. The molecule has 3 aromatic rings. The van der Waals surface area contributed by atoms with E-state index in [4.69, 9.17) is 4.42 Å². The van der Waals surface area contributed by atoms with Gasteiger partial charge in [-0.15, -0.1) is 0 Å². The van der Waals surface area contributed by atoms with Gasteiger partial charge in [0.1, 0.15) is 11.5 Å². The van der Waals surface area contributed by atoms with Crippen molar-refractivity contribution < 1.29 is 9.21 Å². The fourth-order valence-corrected chi connectivity index (χ4v) is 2.37. The molecule has 2 heteroatoms. The Hall–Kier alpha value is -2.61. The van der Waals surface area contributed by atoms with E-state index in [1.54, 1.807) is 0 Å². The molecule has 0 N–H and O–H groups in total. The second-order valence-corrected chi connectivity index (χ2v) is 4.86. The van der Waals surface area contributed by atoms with E-state index in [0.717, 1.165) is 17.1 Å². The van der Waals surface area contributed by atoms with Gasteiger partial charge in [-0.05, 0) is 6.07 Å². The molecule has 0 amide bonds. The van der Waals surface area contributed by atoms with E-state index in [1.807, 2.05) is 73.7 Å². The molecule has 0 radical (unpaired) electrons. The minimum atomic E-state index is 0.0124. The molecule has 104 valence electrons. The zero-order chi connectivity index (χ0) is 14.7. The average molecular weight is 276 g/mol. The van der Waals surface area contributed by atoms with E-state index in [-0.39, 0.29) is 5.78 Å². The van der Waals surface area contributed by atoms with Gasteiger partial charge in [0, 0.05) is 17.5 Å². The molecule has 1 aromatic heterocycles. The summed E-state index contributed by atoms with van der Waals surface area (Å²) in [6.45, 7) is 2.00. The molecule has 0 aliphatic rings. The van der Waals surface area contributed by atoms with Crippen molar-refractivity contribution in [1.82, 2.24) is 0 Å². The van der Waals surface area contributed by atoms with Crippen molar-refractivity contribution in [2.75, 3.05) is 0 Å². The van der Waals surface area contributed by atoms with Crippen LogP contribution in [0.5, 0.6) is 0 Å². The molecule has 3 rings (SSSR count). The van der Waals surface area contributed by atoms with E-state index in [0.29, 0.717) is 17.5 Å². The van der Waals surface area contributed by atoms with Crippen molar-refractivity contribution in [1.29, 1.82) is 0 Å². The summed E-state index contributed by atoms with van der Waals surface area (Å²) in [4.78, 5) is 12.6. The number of ketones is 1. The molecule has 0 saturated heterocycles. The Morgan fingerprint density at radius 3 is 2.19 bits per heavy atom. The Labute approximate surface area is 124 Å². The maximum absolute atomic E-state index is 12.6. The Kier molecular flexibility index (Phi) is 3.69. The first-order valence-corrected chi connectivity index (χ1v) is 7.07. The van der Waals surface area contributed by atoms with Crippen LogP contribution in [0, 0.1) is 0 Å². The van der Waals surface area contributed by atoms with Gasteiger partial charge in [0.05, 0.1) is 5.56 Å². The van der Waals surface area contributed by atoms with E-state index >= 15 is 0 Å². The summed E-state index contributed by atoms with van der Waals surface area (Å²) in [7, 11) is 0. The summed E-state index contributed by atoms with van der Waals surface area (Å²) < 4.78 is 5.87. The molecule has 0 unspecified atom stereocenters. The van der Waals surface area contributed by atoms with Crippen LogP contribution in [0.1, 0.15) is 28.6 Å². The maximum atomic E-state index is 12.6. The average Bonchev–Trinajstić information content (AvgIpc) is 3.00. The quantitative estimate of drug-likeness (QED) is 0.644. The Bertz CT molecular complexity index is 740. The third kappa shape index (κ3) is 2.65. The lowest BCUT2D eigenvalue weighted by Crippen LogP contribution is -2.02. The van der Waals surface area contributed by atoms with E-state index < -0.39 is 0 Å². The molecular weight excluding hydrogens is 260 g/mol. The van der Waals surface area contributed by atoms with Gasteiger partial charge < -0.3 is 4.42 Å². The summed E-state index contributed by atoms with van der Waals surface area (Å²) >= 11 is 0. The minimum absolute atomic E-state index is 0.0124. The van der Waals surface area contributed by atoms with Crippen LogP contribution in [0.3, 0.4) is 0 Å². The van der Waals surface area contributed by atoms with Crippen LogP contribution in [0.4, 0.5) is 0 Å². The largest absolute Gasteiger partial charge is 0.460 e. The number of rotatable bonds is 4. The fourth-order valence-electron chi connectivity index (χ4n) is 2.37. The van der Waals surface area contributed by atoms with Crippen molar-refractivity contribution in [3.63, 3.8) is 0 Å². The number of carbonyl (C=O) groups is 1. The first-order chi connectivity index (χ1) is 10.3. The molecule has 21 heavy (non-hydrogen) atoms. The second-order valence-electron chi connectivity index (χ2n) is 4.86. The summed E-state index contributed by atoms with van der Waals surface area (Å²) in [6.07, 6.45) is 0.695. The Balaban J connectivity index is 2.03. The van der Waals surface area contributed by atoms with Crippen molar-refractivity contribution in [3.05, 3.63) is 83.6 Å². The van der Waals surface area contributed by atoms with Crippen LogP contribution in [0.25, 0.3) is 11.3 Å². The first kappa shape index (κ1) is 13.4. The lowest BCUT2D eigenvalue weighted by atomic mass is 10.0. The third-order valence-electron chi connectivity index (χ3n) is 3.47. The lowest BCUT2D eigenvalue weighted by molar-refractivity contribution is 0.103. The van der Waals surface area contributed by atoms with E-state index in [2.05, 4.69) is 0 Å². The maximum Gasteiger partial charge on any atom is 0.196 e. The van der Waals surface area contributed by atoms with Gasteiger partial charge in [-0.2, -0.15) is 0 Å². The van der Waals surface area contributed by atoms with Crippen molar-refractivity contribution >= 4 is 5.78 Å². The monoisotopic (exact) mass is 276 g/mol. The Morgan fingerprint density at radius 1 is 0.952 bits per heavy atom. The van der Waals surface area contributed by atoms with Gasteiger partial charge >= 0.3 is 0 Å². The van der Waals surface area contributed by atoms with Crippen LogP contribution < -0.4 is 0 Å². The summed E-state index contributed by atoms with van der Waals surface area (Å²) in [5.74, 6) is 1.49. The molecule has 0 aliphatic carbocycles. The minimum Gasteiger partial charge on any atom is -0.460 e. The number of carbonyl (C=O) groups excluding carboxylic acids is 1. The predicted molar refractivity (Wildman–Crippen MR) is 83.4 cm³/mol. The molecule has 0 spiro atoms. The highest BCUT2D eigenvalue weighted by Gasteiger charge is 2.18. The van der Waals surface area contributed by atoms with Crippen molar-refractivity contribution in [3.8, 4) is 11.3 Å². The van der Waals surface area contributed by atoms with Crippen LogP contribution in [0.2, 0.25) is 0 Å². The number of hydrogen-bond donors (Lipinski definition) is 0. The molecule has 0 atom stereocenters. The zero-order valence-corrected chi connectivity index (χ0v) is 11.9. The second kappa shape index (κ2) is 5.80. The fraction of sp³-hybridized carbons (Fsp3) is 0.105. The van der Waals surface area contributed by atoms with E-state index in [9.17, 15) is 4.79 Å². The third-order valence-corrected chi connectivity index (χ3v) is 3.47. The molecule has 0 fully saturated rings. The summed E-state index contributed by atoms with van der Waals surface area (Å²) in [5, 5.41) is 0. The smallest absolute Gasteiger partial charge is 0.196 e. The van der Waals surface area contributed by atoms with Gasteiger partial charge in [0.25, 0.3) is 0 Å². The van der Waals surface area contributed by atoms with Crippen LogP contribution in [-0.2, 0) is 6.42 Å². The molecule has 0 aliphatic heterocycles. The number of hydrogen-bond acceptors (Lipinski definition) is 2. The standard InChI is InChI=1S/C19H16O2/c1-2-17-16(19(20)15-11-7-4-8-12-15)13-18(21-17)14-9-5-3-6-10-14/h3-13H,2H2,1H3. The highest BCUT2D eigenvalue weighted by Crippen LogP contribution is 2.27. The molecule has 0 bridgehead atoms. The summed E-state index contributed by atoms with van der Waals surface area (Å²) in [6, 6.07) is 21.0. The molecule has 2 aromatic carbocycles. The number of furan rings is 1. The molecule has 2 nitrogen and oxygen atoms in total. The zero-order valence-electron chi connectivity index (χ0n) is 11.9. The number of aryl methyl sites for hydroxylation is 1. The van der Waals surface area contributed by atoms with Crippen LogP contribution in [0.15, 0.2) is 71.1 Å². The lowest BCUT2D eigenvalue weighted by Gasteiger charge is -1.99. The predicted octanol–water partition coefficient (Wildman–Crippen LogP) is 4.74. The number of benzene rings is 2. The Morgan fingerprint density at radius 2 is 1.57 bits per heavy atom. The topological polar surface area (TPSA) is 30.2 Å². The summed E-state index contributed by atoms with van der Waals surface area (Å²) in [5.41, 5.74) is 2.33. The van der Waals surface area contributed by atoms with Gasteiger partial charge in [-0.1, -0.05) is 67.6 Å². The van der Waals surface area contributed by atoms with Crippen molar-refractivity contribution in [2.45, 2.75) is 13.3 Å². The van der Waals surface area contributed by atoms with Gasteiger partial charge in [0.2, 0.25) is 0 Å². The highest BCUT2D eigenvalue weighted by atomic mass is 16.3. The van der Waals surface area contributed by atoms with Gasteiger partial charge in [-0.25, -0.2) is 0 Å². The van der Waals surface area contributed by atoms with E-state index in [1.165, 1.54) is 0 Å². The molecular formula is C19H16O2. The van der Waals surface area contributed by atoms with Gasteiger partial charge in [0.15, 0.2) is 5.78 Å². The van der Waals surface area contributed by atoms with Crippen molar-refractivity contribution in [2.24, 2.45) is 0 Å². The molecule has 1 heterocycles.